The molecular weight excluding hydrogens is 244 g/mol. The molecule has 19 heavy (non-hydrogen) atoms. The zero-order chi connectivity index (χ0) is 13.7. The Morgan fingerprint density at radius 3 is 2.84 bits per heavy atom. The van der Waals surface area contributed by atoms with E-state index >= 15 is 0 Å². The molecule has 2 fully saturated rings. The first-order valence-electron chi connectivity index (χ1n) is 7.35. The first-order chi connectivity index (χ1) is 9.16. The predicted molar refractivity (Wildman–Crippen MR) is 71.5 cm³/mol. The minimum atomic E-state index is -0.346. The van der Waals surface area contributed by atoms with Crippen molar-refractivity contribution in [1.82, 2.24) is 10.6 Å². The highest BCUT2D eigenvalue weighted by molar-refractivity contribution is 5.90. The molecule has 1 saturated carbocycles. The van der Waals surface area contributed by atoms with Gasteiger partial charge in [-0.3, -0.25) is 9.59 Å². The van der Waals surface area contributed by atoms with Crippen molar-refractivity contribution in [1.29, 1.82) is 0 Å². The Hall–Kier alpha value is -1.10. The highest BCUT2D eigenvalue weighted by Crippen LogP contribution is 2.25. The SMILES string of the molecule is C[C@@H]1CCCC[C@H]1OCCNC(=O)[C@@H]1CCC(=O)N1. The lowest BCUT2D eigenvalue weighted by Gasteiger charge is -2.28. The average molecular weight is 268 g/mol. The van der Waals surface area contributed by atoms with E-state index in [0.29, 0.717) is 38.0 Å². The molecule has 0 spiro atoms. The third kappa shape index (κ3) is 4.20. The predicted octanol–water partition coefficient (Wildman–Crippen LogP) is 0.976. The third-order valence-electron chi connectivity index (χ3n) is 4.08. The van der Waals surface area contributed by atoms with Gasteiger partial charge in [0.1, 0.15) is 6.04 Å². The monoisotopic (exact) mass is 268 g/mol. The Balaban J connectivity index is 1.58. The maximum Gasteiger partial charge on any atom is 0.242 e. The number of carbonyl (C=O) groups is 2. The van der Waals surface area contributed by atoms with E-state index in [4.69, 9.17) is 4.74 Å². The van der Waals surface area contributed by atoms with E-state index in [2.05, 4.69) is 17.6 Å². The topological polar surface area (TPSA) is 67.4 Å². The molecular formula is C14H24N2O3. The highest BCUT2D eigenvalue weighted by Gasteiger charge is 2.27. The van der Waals surface area contributed by atoms with Crippen molar-refractivity contribution in [3.8, 4) is 0 Å². The van der Waals surface area contributed by atoms with E-state index in [1.807, 2.05) is 0 Å². The molecule has 0 aromatic heterocycles. The summed E-state index contributed by atoms with van der Waals surface area (Å²) in [4.78, 5) is 22.7. The summed E-state index contributed by atoms with van der Waals surface area (Å²) in [7, 11) is 0. The number of nitrogens with one attached hydrogen (secondary N) is 2. The normalized spacial score (nSPS) is 31.0. The fraction of sp³-hybridized carbons (Fsp3) is 0.857. The molecule has 0 unspecified atom stereocenters. The second-order valence-corrected chi connectivity index (χ2v) is 5.62. The van der Waals surface area contributed by atoms with Crippen LogP contribution in [0.2, 0.25) is 0 Å². The van der Waals surface area contributed by atoms with Gasteiger partial charge in [0.2, 0.25) is 11.8 Å². The van der Waals surface area contributed by atoms with Gasteiger partial charge in [0.25, 0.3) is 0 Å². The Bertz CT molecular complexity index is 333. The number of hydrogen-bond acceptors (Lipinski definition) is 3. The zero-order valence-electron chi connectivity index (χ0n) is 11.6. The van der Waals surface area contributed by atoms with Crippen LogP contribution in [0.1, 0.15) is 45.4 Å². The largest absolute Gasteiger partial charge is 0.376 e. The fourth-order valence-electron chi connectivity index (χ4n) is 2.85. The lowest BCUT2D eigenvalue weighted by Crippen LogP contribution is -2.43. The van der Waals surface area contributed by atoms with Crippen molar-refractivity contribution in [3.63, 3.8) is 0 Å². The highest BCUT2D eigenvalue weighted by atomic mass is 16.5. The number of carbonyl (C=O) groups excluding carboxylic acids is 2. The first kappa shape index (κ1) is 14.3. The first-order valence-corrected chi connectivity index (χ1v) is 7.35. The van der Waals surface area contributed by atoms with Gasteiger partial charge < -0.3 is 15.4 Å². The molecule has 1 saturated heterocycles. The molecule has 0 radical (unpaired) electrons. The van der Waals surface area contributed by atoms with Gasteiger partial charge in [-0.15, -0.1) is 0 Å². The second-order valence-electron chi connectivity index (χ2n) is 5.62. The molecule has 0 bridgehead atoms. The van der Waals surface area contributed by atoms with Gasteiger partial charge in [0.15, 0.2) is 0 Å². The molecule has 3 atom stereocenters. The Labute approximate surface area is 114 Å². The van der Waals surface area contributed by atoms with E-state index in [1.54, 1.807) is 0 Å². The summed E-state index contributed by atoms with van der Waals surface area (Å²) >= 11 is 0. The van der Waals surface area contributed by atoms with E-state index in [9.17, 15) is 9.59 Å². The average Bonchev–Trinajstić information content (AvgIpc) is 2.83. The maximum absolute atomic E-state index is 11.7. The number of ether oxygens (including phenoxy) is 1. The number of amides is 2. The Morgan fingerprint density at radius 1 is 1.37 bits per heavy atom. The van der Waals surface area contributed by atoms with Crippen LogP contribution in [0, 0.1) is 5.92 Å². The number of hydrogen-bond donors (Lipinski definition) is 2. The van der Waals surface area contributed by atoms with Crippen LogP contribution in [0.4, 0.5) is 0 Å². The molecule has 0 aromatic carbocycles. The van der Waals surface area contributed by atoms with Crippen LogP contribution in [-0.4, -0.2) is 37.1 Å². The molecule has 2 amide bonds. The summed E-state index contributed by atoms with van der Waals surface area (Å²) in [6, 6.07) is -0.346. The molecule has 2 rings (SSSR count). The molecule has 2 aliphatic rings. The smallest absolute Gasteiger partial charge is 0.242 e. The van der Waals surface area contributed by atoms with Crippen molar-refractivity contribution < 1.29 is 14.3 Å². The lowest BCUT2D eigenvalue weighted by atomic mass is 9.88. The summed E-state index contributed by atoms with van der Waals surface area (Å²) in [5.74, 6) is 0.497. The Morgan fingerprint density at radius 2 is 2.16 bits per heavy atom. The van der Waals surface area contributed by atoms with Crippen molar-refractivity contribution in [2.45, 2.75) is 57.6 Å². The van der Waals surface area contributed by atoms with Gasteiger partial charge in [0, 0.05) is 13.0 Å². The lowest BCUT2D eigenvalue weighted by molar-refractivity contribution is -0.126. The van der Waals surface area contributed by atoms with Gasteiger partial charge in [0.05, 0.1) is 12.7 Å². The van der Waals surface area contributed by atoms with Crippen LogP contribution in [0.3, 0.4) is 0 Å². The van der Waals surface area contributed by atoms with Crippen molar-refractivity contribution >= 4 is 11.8 Å². The summed E-state index contributed by atoms with van der Waals surface area (Å²) in [6.07, 6.45) is 6.32. The molecule has 1 heterocycles. The van der Waals surface area contributed by atoms with Crippen LogP contribution in [0.15, 0.2) is 0 Å². The summed E-state index contributed by atoms with van der Waals surface area (Å²) in [5, 5.41) is 5.48. The van der Waals surface area contributed by atoms with Crippen LogP contribution in [-0.2, 0) is 14.3 Å². The van der Waals surface area contributed by atoms with Crippen molar-refractivity contribution in [2.75, 3.05) is 13.2 Å². The fourth-order valence-corrected chi connectivity index (χ4v) is 2.85. The minimum Gasteiger partial charge on any atom is -0.376 e. The molecule has 0 aromatic rings. The molecule has 2 N–H and O–H groups in total. The van der Waals surface area contributed by atoms with Crippen LogP contribution >= 0.6 is 0 Å². The standard InChI is InChI=1S/C14H24N2O3/c1-10-4-2-3-5-12(10)19-9-8-15-14(18)11-6-7-13(17)16-11/h10-12H,2-9H2,1H3,(H,15,18)(H,16,17)/t10-,11+,12-/m1/s1. The maximum atomic E-state index is 11.7. The van der Waals surface area contributed by atoms with Crippen molar-refractivity contribution in [2.24, 2.45) is 5.92 Å². The molecule has 5 heteroatoms. The third-order valence-corrected chi connectivity index (χ3v) is 4.08. The van der Waals surface area contributed by atoms with Gasteiger partial charge in [-0.1, -0.05) is 19.8 Å². The molecule has 1 aliphatic heterocycles. The summed E-state index contributed by atoms with van der Waals surface area (Å²) in [6.45, 7) is 3.31. The van der Waals surface area contributed by atoms with E-state index in [0.717, 1.165) is 6.42 Å². The van der Waals surface area contributed by atoms with Gasteiger partial charge in [-0.25, -0.2) is 0 Å². The molecule has 1 aliphatic carbocycles. The second kappa shape index (κ2) is 6.89. The van der Waals surface area contributed by atoms with Crippen LogP contribution in [0.5, 0.6) is 0 Å². The summed E-state index contributed by atoms with van der Waals surface area (Å²) < 4.78 is 5.83. The van der Waals surface area contributed by atoms with E-state index in [1.165, 1.54) is 19.3 Å². The molecule has 108 valence electrons. The molecule has 5 nitrogen and oxygen atoms in total. The number of rotatable bonds is 5. The quantitative estimate of drug-likeness (QED) is 0.730. The Kier molecular flexibility index (Phi) is 5.19. The van der Waals surface area contributed by atoms with Crippen LogP contribution < -0.4 is 10.6 Å². The zero-order valence-corrected chi connectivity index (χ0v) is 11.6. The van der Waals surface area contributed by atoms with Crippen molar-refractivity contribution in [3.05, 3.63) is 0 Å². The van der Waals surface area contributed by atoms with Gasteiger partial charge in [-0.2, -0.15) is 0 Å². The minimum absolute atomic E-state index is 0.0348. The van der Waals surface area contributed by atoms with E-state index < -0.39 is 0 Å². The van der Waals surface area contributed by atoms with E-state index in [-0.39, 0.29) is 17.9 Å². The van der Waals surface area contributed by atoms with Crippen LogP contribution in [0.25, 0.3) is 0 Å². The van der Waals surface area contributed by atoms with Gasteiger partial charge in [-0.05, 0) is 25.2 Å². The summed E-state index contributed by atoms with van der Waals surface area (Å²) in [5.41, 5.74) is 0. The van der Waals surface area contributed by atoms with Gasteiger partial charge >= 0.3 is 0 Å².